The standard InChI is InChI=1S/C20H32O2.C12H24O2/c1-2-3-4-5-6-7-8-9-10-11-12-13-14-15-16-17-18-19-20(21)22;1-2-3-4-5-6-7-8-9-10-11-12(13)14/h6-7,9-10,12-13,15-16H,2-5,8,11,14,17-19H2,1H3,(H,21,22);2-11H2,1H3,(H,13,14)/b7-6-,10-9-,13-12-,16-15-;. The average Bonchev–Trinajstić information content (AvgIpc) is 2.85. The van der Waals surface area contributed by atoms with Crippen LogP contribution in [0.3, 0.4) is 0 Å². The second kappa shape index (κ2) is 32.9. The molecule has 2 N–H and O–H groups in total. The van der Waals surface area contributed by atoms with Gasteiger partial charge in [-0.1, -0.05) is 127 Å². The SMILES string of the molecule is CCCCC/C=C\C/C=C\C/C=C\C/C=C\CCCC(=O)O.CCCCCCCCCCCC(=O)O. The first-order chi connectivity index (χ1) is 17.5. The topological polar surface area (TPSA) is 74.6 Å². The number of carboxylic acid groups (broad SMARTS) is 2. The summed E-state index contributed by atoms with van der Waals surface area (Å²) in [4.78, 5) is 20.5. The van der Waals surface area contributed by atoms with Crippen molar-refractivity contribution < 1.29 is 19.8 Å². The van der Waals surface area contributed by atoms with E-state index in [-0.39, 0.29) is 6.42 Å². The minimum Gasteiger partial charge on any atom is -0.481 e. The molecule has 0 aromatic rings. The smallest absolute Gasteiger partial charge is 0.303 e. The van der Waals surface area contributed by atoms with Crippen LogP contribution in [0, 0.1) is 0 Å². The molecule has 0 unspecified atom stereocenters. The first-order valence-corrected chi connectivity index (χ1v) is 14.6. The van der Waals surface area contributed by atoms with Crippen LogP contribution in [0.25, 0.3) is 0 Å². The lowest BCUT2D eigenvalue weighted by Crippen LogP contribution is -1.93. The van der Waals surface area contributed by atoms with Crippen molar-refractivity contribution in [2.45, 2.75) is 142 Å². The molecule has 0 aliphatic heterocycles. The van der Waals surface area contributed by atoms with Gasteiger partial charge < -0.3 is 10.2 Å². The summed E-state index contributed by atoms with van der Waals surface area (Å²) in [5.74, 6) is -1.37. The highest BCUT2D eigenvalue weighted by molar-refractivity contribution is 5.66. The zero-order valence-electron chi connectivity index (χ0n) is 23.5. The fraction of sp³-hybridized carbons (Fsp3) is 0.688. The number of hydrogen-bond acceptors (Lipinski definition) is 2. The van der Waals surface area contributed by atoms with Gasteiger partial charge in [0.2, 0.25) is 0 Å². The van der Waals surface area contributed by atoms with Crippen molar-refractivity contribution in [1.82, 2.24) is 0 Å². The fourth-order valence-electron chi connectivity index (χ4n) is 3.52. The highest BCUT2D eigenvalue weighted by Crippen LogP contribution is 2.10. The molecular weight excluding hydrogens is 448 g/mol. The van der Waals surface area contributed by atoms with Crippen molar-refractivity contribution in [3.63, 3.8) is 0 Å². The van der Waals surface area contributed by atoms with E-state index in [1.54, 1.807) is 0 Å². The summed E-state index contributed by atoms with van der Waals surface area (Å²) < 4.78 is 0. The van der Waals surface area contributed by atoms with E-state index in [4.69, 9.17) is 10.2 Å². The molecule has 0 saturated carbocycles. The molecular formula is C32H56O4. The predicted octanol–water partition coefficient (Wildman–Crippen LogP) is 10.2. The van der Waals surface area contributed by atoms with Gasteiger partial charge in [0.25, 0.3) is 0 Å². The zero-order chi connectivity index (χ0) is 27.0. The number of aliphatic carboxylic acids is 2. The van der Waals surface area contributed by atoms with Crippen LogP contribution in [0.5, 0.6) is 0 Å². The highest BCUT2D eigenvalue weighted by atomic mass is 16.4. The molecule has 4 nitrogen and oxygen atoms in total. The van der Waals surface area contributed by atoms with Gasteiger partial charge in [-0.15, -0.1) is 0 Å². The molecule has 0 amide bonds. The third-order valence-electron chi connectivity index (χ3n) is 5.71. The maximum atomic E-state index is 10.3. The molecule has 0 atom stereocenters. The summed E-state index contributed by atoms with van der Waals surface area (Å²) in [6, 6.07) is 0. The molecule has 0 radical (unpaired) electrons. The molecule has 0 fully saturated rings. The lowest BCUT2D eigenvalue weighted by Gasteiger charge is -2.00. The molecule has 0 bridgehead atoms. The molecule has 0 aromatic carbocycles. The van der Waals surface area contributed by atoms with Gasteiger partial charge in [0.05, 0.1) is 0 Å². The normalized spacial score (nSPS) is 11.6. The maximum Gasteiger partial charge on any atom is 0.303 e. The van der Waals surface area contributed by atoms with Gasteiger partial charge in [-0.2, -0.15) is 0 Å². The van der Waals surface area contributed by atoms with Gasteiger partial charge >= 0.3 is 11.9 Å². The van der Waals surface area contributed by atoms with Crippen molar-refractivity contribution in [2.24, 2.45) is 0 Å². The van der Waals surface area contributed by atoms with Gasteiger partial charge in [0.15, 0.2) is 0 Å². The van der Waals surface area contributed by atoms with Crippen LogP contribution in [0.2, 0.25) is 0 Å². The third-order valence-corrected chi connectivity index (χ3v) is 5.71. The minimum absolute atomic E-state index is 0.262. The summed E-state index contributed by atoms with van der Waals surface area (Å²) in [6.45, 7) is 4.46. The summed E-state index contributed by atoms with van der Waals surface area (Å²) in [5.41, 5.74) is 0. The number of allylic oxidation sites excluding steroid dienone is 8. The second-order valence-electron chi connectivity index (χ2n) is 9.35. The molecule has 36 heavy (non-hydrogen) atoms. The van der Waals surface area contributed by atoms with E-state index in [0.717, 1.165) is 44.9 Å². The van der Waals surface area contributed by atoms with Crippen molar-refractivity contribution in [2.75, 3.05) is 0 Å². The zero-order valence-corrected chi connectivity index (χ0v) is 23.5. The summed E-state index contributed by atoms with van der Waals surface area (Å²) in [5, 5.41) is 16.9. The van der Waals surface area contributed by atoms with Crippen molar-refractivity contribution in [3.8, 4) is 0 Å². The van der Waals surface area contributed by atoms with E-state index >= 15 is 0 Å². The number of carbonyl (C=O) groups is 2. The monoisotopic (exact) mass is 504 g/mol. The number of rotatable bonds is 24. The lowest BCUT2D eigenvalue weighted by molar-refractivity contribution is -0.138. The van der Waals surface area contributed by atoms with Gasteiger partial charge in [-0.3, -0.25) is 9.59 Å². The fourth-order valence-corrected chi connectivity index (χ4v) is 3.52. The van der Waals surface area contributed by atoms with E-state index in [0.29, 0.717) is 6.42 Å². The Hall–Kier alpha value is -2.10. The van der Waals surface area contributed by atoms with Crippen LogP contribution in [-0.2, 0) is 9.59 Å². The van der Waals surface area contributed by atoms with Crippen LogP contribution in [0.15, 0.2) is 48.6 Å². The lowest BCUT2D eigenvalue weighted by atomic mass is 10.1. The third kappa shape index (κ3) is 39.1. The van der Waals surface area contributed by atoms with Crippen LogP contribution < -0.4 is 0 Å². The molecule has 0 heterocycles. The molecule has 0 aromatic heterocycles. The Morgan fingerprint density at radius 2 is 0.778 bits per heavy atom. The van der Waals surface area contributed by atoms with E-state index in [1.807, 2.05) is 0 Å². The predicted molar refractivity (Wildman–Crippen MR) is 156 cm³/mol. The quantitative estimate of drug-likeness (QED) is 0.101. The second-order valence-corrected chi connectivity index (χ2v) is 9.35. The molecule has 0 rings (SSSR count). The number of carboxylic acids is 2. The van der Waals surface area contributed by atoms with E-state index in [2.05, 4.69) is 62.5 Å². The summed E-state index contributed by atoms with van der Waals surface area (Å²) in [7, 11) is 0. The van der Waals surface area contributed by atoms with Gasteiger partial charge in [0, 0.05) is 12.8 Å². The van der Waals surface area contributed by atoms with Crippen LogP contribution in [-0.4, -0.2) is 22.2 Å². The Morgan fingerprint density at radius 3 is 1.22 bits per heavy atom. The molecule has 0 aliphatic rings. The summed E-state index contributed by atoms with van der Waals surface area (Å²) >= 11 is 0. The van der Waals surface area contributed by atoms with Crippen LogP contribution in [0.1, 0.15) is 142 Å². The Bertz CT molecular complexity index is 587. The van der Waals surface area contributed by atoms with E-state index in [9.17, 15) is 9.59 Å². The first-order valence-electron chi connectivity index (χ1n) is 14.6. The minimum atomic E-state index is -0.712. The Kier molecular flexibility index (Phi) is 33.0. The molecule has 4 heteroatoms. The van der Waals surface area contributed by atoms with Crippen LogP contribution >= 0.6 is 0 Å². The Morgan fingerprint density at radius 1 is 0.444 bits per heavy atom. The van der Waals surface area contributed by atoms with Crippen molar-refractivity contribution in [1.29, 1.82) is 0 Å². The van der Waals surface area contributed by atoms with Crippen LogP contribution in [0.4, 0.5) is 0 Å². The van der Waals surface area contributed by atoms with Crippen molar-refractivity contribution >= 4 is 11.9 Å². The molecule has 0 spiro atoms. The Balaban J connectivity index is 0. The largest absolute Gasteiger partial charge is 0.481 e. The number of unbranched alkanes of at least 4 members (excludes halogenated alkanes) is 12. The van der Waals surface area contributed by atoms with Gasteiger partial charge in [-0.25, -0.2) is 0 Å². The average molecular weight is 505 g/mol. The molecule has 208 valence electrons. The maximum absolute atomic E-state index is 10.3. The molecule has 0 saturated heterocycles. The Labute approximate surface area is 222 Å². The van der Waals surface area contributed by atoms with Gasteiger partial charge in [0.1, 0.15) is 0 Å². The van der Waals surface area contributed by atoms with E-state index in [1.165, 1.54) is 70.6 Å². The summed E-state index contributed by atoms with van der Waals surface area (Å²) in [6.07, 6.45) is 38.8. The van der Waals surface area contributed by atoms with Crippen molar-refractivity contribution in [3.05, 3.63) is 48.6 Å². The first kappa shape index (κ1) is 36.1. The molecule has 0 aliphatic carbocycles. The number of hydrogen-bond donors (Lipinski definition) is 2. The highest BCUT2D eigenvalue weighted by Gasteiger charge is 1.96. The van der Waals surface area contributed by atoms with Gasteiger partial charge in [-0.05, 0) is 51.4 Å². The van der Waals surface area contributed by atoms with E-state index < -0.39 is 11.9 Å².